The van der Waals surface area contributed by atoms with Gasteiger partial charge in [0.15, 0.2) is 6.04 Å². The summed E-state index contributed by atoms with van der Waals surface area (Å²) in [5.74, 6) is -2.29. The summed E-state index contributed by atoms with van der Waals surface area (Å²) in [5, 5.41) is 10.7. The summed E-state index contributed by atoms with van der Waals surface area (Å²) in [7, 11) is -3.49. The van der Waals surface area contributed by atoms with E-state index in [2.05, 4.69) is 4.98 Å². The minimum atomic E-state index is -5.23. The zero-order chi connectivity index (χ0) is 39.4. The van der Waals surface area contributed by atoms with Crippen LogP contribution in [0, 0.1) is 5.41 Å². The molecule has 3 atom stereocenters. The van der Waals surface area contributed by atoms with Gasteiger partial charge in [0.05, 0.1) is 46.4 Å². The monoisotopic (exact) mass is 802 g/mol. The molecule has 5 rings (SSSR count). The lowest BCUT2D eigenvalue weighted by molar-refractivity contribution is -0.186. The number of sulfonamides is 1. The Labute approximate surface area is 320 Å². The molecule has 3 N–H and O–H groups in total. The predicted molar refractivity (Wildman–Crippen MR) is 202 cm³/mol. The number of amides is 2. The lowest BCUT2D eigenvalue weighted by atomic mass is 9.84. The Morgan fingerprint density at radius 3 is 2.06 bits per heavy atom. The molecule has 0 radical (unpaired) electrons. The smallest absolute Gasteiger partial charge is 0.417 e. The molecule has 0 saturated heterocycles. The standard InChI is InChI=1S/C38H41F3N4O6S3/c1-37(2,3)19-20-44(54(49,50)26-15-16-29-27(21-26)43-23-52-29)28(22-46)30-17-18-31(53-30)34(38(39,40)41)45(36(48)51-4)35(47)33(42)32(24-11-7-5-8-12-24)25-13-9-6-10-14-25/h5-18,21,23,28,32-34,46H,19-20,22,42H2,1-4H3/t28-,33+,34-/m1/s1. The third-order valence-electron chi connectivity index (χ3n) is 8.90. The average molecular weight is 803 g/mol. The third-order valence-corrected chi connectivity index (χ3v) is 12.8. The SMILES string of the molecule is COC(=O)N(C(=O)[C@@H](N)C(c1ccccc1)c1ccccc1)[C@H](c1ccc([C@@H](CO)N(CCC(C)(C)C)S(=O)(=O)c2ccc3scnc3c2)s1)C(F)(F)F. The van der Waals surface area contributed by atoms with Crippen molar-refractivity contribution in [3.05, 3.63) is 117 Å². The first-order valence-corrected chi connectivity index (χ1v) is 20.0. The van der Waals surface area contributed by atoms with Crippen molar-refractivity contribution in [1.82, 2.24) is 14.2 Å². The number of aliphatic hydroxyl groups is 1. The van der Waals surface area contributed by atoms with Crippen LogP contribution in [0.3, 0.4) is 0 Å². The number of carbonyl (C=O) groups is 2. The molecule has 0 saturated carbocycles. The molecule has 2 amide bonds. The van der Waals surface area contributed by atoms with Gasteiger partial charge in [0.2, 0.25) is 10.0 Å². The molecule has 3 aromatic carbocycles. The molecule has 0 fully saturated rings. The van der Waals surface area contributed by atoms with Gasteiger partial charge >= 0.3 is 12.3 Å². The highest BCUT2D eigenvalue weighted by Gasteiger charge is 2.52. The van der Waals surface area contributed by atoms with E-state index in [4.69, 9.17) is 10.5 Å². The van der Waals surface area contributed by atoms with Gasteiger partial charge in [0.1, 0.15) is 0 Å². The Morgan fingerprint density at radius 2 is 1.52 bits per heavy atom. The molecule has 16 heteroatoms. The molecule has 0 aliphatic heterocycles. The number of benzene rings is 3. The first-order valence-electron chi connectivity index (χ1n) is 16.9. The number of carbonyl (C=O) groups excluding carboxylic acids is 2. The van der Waals surface area contributed by atoms with Gasteiger partial charge < -0.3 is 15.6 Å². The van der Waals surface area contributed by atoms with Crippen molar-refractivity contribution in [2.45, 2.75) is 62.3 Å². The minimum Gasteiger partial charge on any atom is -0.452 e. The van der Waals surface area contributed by atoms with Gasteiger partial charge in [0, 0.05) is 22.2 Å². The Bertz CT molecular complexity index is 2120. The van der Waals surface area contributed by atoms with Crippen LogP contribution in [0.1, 0.15) is 66.1 Å². The molecular formula is C38H41F3N4O6S3. The van der Waals surface area contributed by atoms with Gasteiger partial charge in [-0.3, -0.25) is 4.79 Å². The molecule has 0 spiro atoms. The summed E-state index contributed by atoms with van der Waals surface area (Å²) in [5.41, 5.74) is 9.27. The molecule has 2 aromatic heterocycles. The Hall–Kier alpha value is -4.19. The number of methoxy groups -OCH3 is 1. The zero-order valence-electron chi connectivity index (χ0n) is 29.9. The topological polar surface area (TPSA) is 143 Å². The fourth-order valence-electron chi connectivity index (χ4n) is 6.13. The highest BCUT2D eigenvalue weighted by molar-refractivity contribution is 7.89. The second kappa shape index (κ2) is 16.7. The van der Waals surface area contributed by atoms with Crippen molar-refractivity contribution in [3.63, 3.8) is 0 Å². The van der Waals surface area contributed by atoms with E-state index in [1.165, 1.54) is 29.5 Å². The Kier molecular flexibility index (Phi) is 12.7. The molecule has 54 heavy (non-hydrogen) atoms. The fraction of sp³-hybridized carbons (Fsp3) is 0.342. The van der Waals surface area contributed by atoms with Crippen LogP contribution in [-0.4, -0.2) is 72.2 Å². The van der Waals surface area contributed by atoms with Crippen molar-refractivity contribution in [2.75, 3.05) is 20.3 Å². The van der Waals surface area contributed by atoms with Crippen molar-refractivity contribution in [1.29, 1.82) is 0 Å². The Morgan fingerprint density at radius 1 is 0.926 bits per heavy atom. The first-order chi connectivity index (χ1) is 25.5. The van der Waals surface area contributed by atoms with E-state index in [0.717, 1.165) is 22.2 Å². The molecule has 10 nitrogen and oxygen atoms in total. The van der Waals surface area contributed by atoms with Crippen LogP contribution in [0.4, 0.5) is 18.0 Å². The average Bonchev–Trinajstić information content (AvgIpc) is 3.81. The lowest BCUT2D eigenvalue weighted by Crippen LogP contribution is -2.53. The molecule has 5 aromatic rings. The van der Waals surface area contributed by atoms with Crippen LogP contribution in [0.25, 0.3) is 10.2 Å². The van der Waals surface area contributed by atoms with Gasteiger partial charge in [-0.05, 0) is 53.3 Å². The van der Waals surface area contributed by atoms with Crippen molar-refractivity contribution < 1.29 is 41.0 Å². The number of hydrogen-bond donors (Lipinski definition) is 2. The largest absolute Gasteiger partial charge is 0.452 e. The van der Waals surface area contributed by atoms with Crippen LogP contribution in [0.5, 0.6) is 0 Å². The number of aliphatic hydroxyl groups excluding tert-OH is 1. The summed E-state index contributed by atoms with van der Waals surface area (Å²) < 4.78 is 80.9. The number of alkyl halides is 3. The number of fused-ring (bicyclic) bond motifs is 1. The van der Waals surface area contributed by atoms with Crippen LogP contribution in [0.2, 0.25) is 0 Å². The van der Waals surface area contributed by atoms with Crippen LogP contribution in [-0.2, 0) is 19.6 Å². The van der Waals surface area contributed by atoms with E-state index in [9.17, 15) is 23.1 Å². The first kappa shape index (κ1) is 41.0. The summed E-state index contributed by atoms with van der Waals surface area (Å²) in [4.78, 5) is 31.1. The number of hydrogen-bond acceptors (Lipinski definition) is 10. The van der Waals surface area contributed by atoms with E-state index in [0.29, 0.717) is 34.4 Å². The maximum absolute atomic E-state index is 15.2. The predicted octanol–water partition coefficient (Wildman–Crippen LogP) is 7.88. The number of thiazole rings is 1. The summed E-state index contributed by atoms with van der Waals surface area (Å²) in [6.45, 7) is 4.87. The second-order valence-electron chi connectivity index (χ2n) is 13.8. The van der Waals surface area contributed by atoms with Gasteiger partial charge in [-0.25, -0.2) is 23.1 Å². The highest BCUT2D eigenvalue weighted by Crippen LogP contribution is 2.44. The quantitative estimate of drug-likeness (QED) is 0.123. The minimum absolute atomic E-state index is 0.0235. The molecule has 288 valence electrons. The molecule has 0 aliphatic carbocycles. The number of nitrogens with two attached hydrogens (primary N) is 1. The Balaban J connectivity index is 1.57. The number of rotatable bonds is 13. The number of thiophene rings is 1. The summed E-state index contributed by atoms with van der Waals surface area (Å²) >= 11 is 1.86. The van der Waals surface area contributed by atoms with E-state index in [1.54, 1.807) is 72.2 Å². The van der Waals surface area contributed by atoms with E-state index < -0.39 is 63.7 Å². The molecule has 0 bridgehead atoms. The number of halogens is 3. The molecule has 0 aliphatic rings. The molecule has 0 unspecified atom stereocenters. The normalized spacial score (nSPS) is 14.3. The van der Waals surface area contributed by atoms with Gasteiger partial charge in [-0.1, -0.05) is 81.4 Å². The highest BCUT2D eigenvalue weighted by atomic mass is 32.2. The van der Waals surface area contributed by atoms with E-state index >= 15 is 13.2 Å². The van der Waals surface area contributed by atoms with E-state index in [-0.39, 0.29) is 26.6 Å². The zero-order valence-corrected chi connectivity index (χ0v) is 32.4. The van der Waals surface area contributed by atoms with Crippen LogP contribution in [0.15, 0.2) is 101 Å². The number of aromatic nitrogens is 1. The number of nitrogens with zero attached hydrogens (tertiary/aromatic N) is 3. The van der Waals surface area contributed by atoms with Crippen molar-refractivity contribution in [3.8, 4) is 0 Å². The fourth-order valence-corrected chi connectivity index (χ4v) is 9.70. The number of ether oxygens (including phenoxy) is 1. The second-order valence-corrected chi connectivity index (χ2v) is 17.7. The summed E-state index contributed by atoms with van der Waals surface area (Å²) in [6, 6.07) is 18.0. The van der Waals surface area contributed by atoms with Gasteiger partial charge in [-0.15, -0.1) is 22.7 Å². The summed E-state index contributed by atoms with van der Waals surface area (Å²) in [6.07, 6.45) is -6.47. The van der Waals surface area contributed by atoms with Crippen LogP contribution < -0.4 is 5.73 Å². The van der Waals surface area contributed by atoms with Gasteiger partial charge in [0.25, 0.3) is 5.91 Å². The van der Waals surface area contributed by atoms with Crippen LogP contribution >= 0.6 is 22.7 Å². The van der Waals surface area contributed by atoms with Crippen molar-refractivity contribution >= 4 is 54.9 Å². The molecule has 2 heterocycles. The van der Waals surface area contributed by atoms with Gasteiger partial charge in [-0.2, -0.15) is 17.5 Å². The maximum Gasteiger partial charge on any atom is 0.417 e. The van der Waals surface area contributed by atoms with E-state index in [1.807, 2.05) is 20.8 Å². The molecular weight excluding hydrogens is 762 g/mol. The lowest BCUT2D eigenvalue weighted by Gasteiger charge is -2.34. The maximum atomic E-state index is 15.2. The van der Waals surface area contributed by atoms with Crippen molar-refractivity contribution in [2.24, 2.45) is 11.1 Å². The third kappa shape index (κ3) is 9.01. The number of imide groups is 1.